The number of aromatic nitrogens is 2. The van der Waals surface area contributed by atoms with Crippen LogP contribution in [0.1, 0.15) is 22.8 Å². The summed E-state index contributed by atoms with van der Waals surface area (Å²) in [5.41, 5.74) is 2.78. The molecule has 3 rings (SSSR count). The van der Waals surface area contributed by atoms with E-state index in [1.165, 1.54) is 0 Å². The second kappa shape index (κ2) is 6.86. The van der Waals surface area contributed by atoms with Crippen molar-refractivity contribution in [3.05, 3.63) is 47.0 Å². The first-order chi connectivity index (χ1) is 11.6. The Morgan fingerprint density at radius 1 is 1.33 bits per heavy atom. The minimum Gasteiger partial charge on any atom is -0.493 e. The quantitative estimate of drug-likeness (QED) is 0.929. The zero-order valence-electron chi connectivity index (χ0n) is 14.1. The van der Waals surface area contributed by atoms with Gasteiger partial charge in [-0.3, -0.25) is 4.79 Å². The first-order valence-corrected chi connectivity index (χ1v) is 7.94. The fourth-order valence-corrected chi connectivity index (χ4v) is 2.91. The SMILES string of the molecule is COc1cccc2c1OCC(C(=O)NCc1nc(C)cc(C)n1)C2. The molecule has 24 heavy (non-hydrogen) atoms. The van der Waals surface area contributed by atoms with E-state index in [0.29, 0.717) is 31.1 Å². The van der Waals surface area contributed by atoms with Gasteiger partial charge in [0, 0.05) is 11.4 Å². The topological polar surface area (TPSA) is 73.3 Å². The summed E-state index contributed by atoms with van der Waals surface area (Å²) in [5, 5.41) is 2.91. The summed E-state index contributed by atoms with van der Waals surface area (Å²) in [6.45, 7) is 4.49. The maximum absolute atomic E-state index is 12.4. The molecular formula is C18H21N3O3. The average Bonchev–Trinajstić information content (AvgIpc) is 2.57. The molecule has 0 saturated heterocycles. The van der Waals surface area contributed by atoms with Gasteiger partial charge in [0.15, 0.2) is 11.5 Å². The molecule has 1 aliphatic rings. The number of benzene rings is 1. The van der Waals surface area contributed by atoms with E-state index in [4.69, 9.17) is 9.47 Å². The summed E-state index contributed by atoms with van der Waals surface area (Å²) in [6, 6.07) is 7.64. The summed E-state index contributed by atoms with van der Waals surface area (Å²) in [6.07, 6.45) is 0.631. The Hall–Kier alpha value is -2.63. The van der Waals surface area contributed by atoms with Gasteiger partial charge in [0.1, 0.15) is 12.4 Å². The van der Waals surface area contributed by atoms with Crippen molar-refractivity contribution in [3.8, 4) is 11.5 Å². The van der Waals surface area contributed by atoms with Crippen molar-refractivity contribution >= 4 is 5.91 Å². The van der Waals surface area contributed by atoms with Gasteiger partial charge in [-0.25, -0.2) is 9.97 Å². The van der Waals surface area contributed by atoms with Crippen molar-refractivity contribution in [2.24, 2.45) is 5.92 Å². The van der Waals surface area contributed by atoms with Crippen molar-refractivity contribution in [2.75, 3.05) is 13.7 Å². The fourth-order valence-electron chi connectivity index (χ4n) is 2.91. The number of carbonyl (C=O) groups is 1. The van der Waals surface area contributed by atoms with Gasteiger partial charge in [0.2, 0.25) is 5.91 Å². The van der Waals surface area contributed by atoms with Crippen LogP contribution in [0.5, 0.6) is 11.5 Å². The molecule has 1 amide bonds. The van der Waals surface area contributed by atoms with Crippen molar-refractivity contribution < 1.29 is 14.3 Å². The molecule has 0 spiro atoms. The predicted octanol–water partition coefficient (Wildman–Crippen LogP) is 1.97. The van der Waals surface area contributed by atoms with Crippen molar-refractivity contribution in [2.45, 2.75) is 26.8 Å². The van der Waals surface area contributed by atoms with Gasteiger partial charge in [-0.15, -0.1) is 0 Å². The zero-order valence-corrected chi connectivity index (χ0v) is 14.1. The minimum absolute atomic E-state index is 0.0498. The van der Waals surface area contributed by atoms with Gasteiger partial charge in [0.05, 0.1) is 19.6 Å². The maximum Gasteiger partial charge on any atom is 0.227 e. The van der Waals surface area contributed by atoms with E-state index in [-0.39, 0.29) is 11.8 Å². The van der Waals surface area contributed by atoms with Crippen LogP contribution >= 0.6 is 0 Å². The second-order valence-corrected chi connectivity index (χ2v) is 5.95. The van der Waals surface area contributed by atoms with Crippen LogP contribution in [-0.2, 0) is 17.8 Å². The van der Waals surface area contributed by atoms with Crippen molar-refractivity contribution in [3.63, 3.8) is 0 Å². The Labute approximate surface area is 141 Å². The number of rotatable bonds is 4. The fraction of sp³-hybridized carbons (Fsp3) is 0.389. The number of methoxy groups -OCH3 is 1. The molecule has 1 N–H and O–H groups in total. The Morgan fingerprint density at radius 2 is 2.08 bits per heavy atom. The van der Waals surface area contributed by atoms with Crippen LogP contribution in [-0.4, -0.2) is 29.6 Å². The summed E-state index contributed by atoms with van der Waals surface area (Å²) >= 11 is 0. The summed E-state index contributed by atoms with van der Waals surface area (Å²) in [4.78, 5) is 21.1. The molecule has 0 bridgehead atoms. The van der Waals surface area contributed by atoms with Gasteiger partial charge in [0.25, 0.3) is 0 Å². The van der Waals surface area contributed by atoms with Gasteiger partial charge in [-0.05, 0) is 38.0 Å². The molecule has 1 atom stereocenters. The first-order valence-electron chi connectivity index (χ1n) is 7.94. The molecule has 1 aliphatic heterocycles. The third kappa shape index (κ3) is 3.48. The van der Waals surface area contributed by atoms with Crippen LogP contribution in [0, 0.1) is 19.8 Å². The average molecular weight is 327 g/mol. The highest BCUT2D eigenvalue weighted by molar-refractivity contribution is 5.79. The second-order valence-electron chi connectivity index (χ2n) is 5.95. The predicted molar refractivity (Wildman–Crippen MR) is 89.0 cm³/mol. The smallest absolute Gasteiger partial charge is 0.227 e. The van der Waals surface area contributed by atoms with Crippen molar-refractivity contribution in [1.29, 1.82) is 0 Å². The molecule has 6 nitrogen and oxygen atoms in total. The van der Waals surface area contributed by atoms with Crippen molar-refractivity contribution in [1.82, 2.24) is 15.3 Å². The van der Waals surface area contributed by atoms with Gasteiger partial charge in [-0.1, -0.05) is 12.1 Å². The highest BCUT2D eigenvalue weighted by Gasteiger charge is 2.27. The van der Waals surface area contributed by atoms with E-state index < -0.39 is 0 Å². The van der Waals surface area contributed by atoms with Gasteiger partial charge in [-0.2, -0.15) is 0 Å². The lowest BCUT2D eigenvalue weighted by molar-refractivity contribution is -0.126. The van der Waals surface area contributed by atoms with E-state index in [9.17, 15) is 4.79 Å². The molecular weight excluding hydrogens is 306 g/mol. The Balaban J connectivity index is 1.64. The number of ether oxygens (including phenoxy) is 2. The van der Waals surface area contributed by atoms with E-state index in [1.54, 1.807) is 7.11 Å². The Kier molecular flexibility index (Phi) is 4.64. The van der Waals surface area contributed by atoms with Crippen LogP contribution in [0.3, 0.4) is 0 Å². The lowest BCUT2D eigenvalue weighted by atomic mass is 9.95. The number of nitrogens with zero attached hydrogens (tertiary/aromatic N) is 2. The number of hydrogen-bond acceptors (Lipinski definition) is 5. The number of hydrogen-bond donors (Lipinski definition) is 1. The first kappa shape index (κ1) is 16.2. The number of carbonyl (C=O) groups excluding carboxylic acids is 1. The number of para-hydroxylation sites is 1. The third-order valence-corrected chi connectivity index (χ3v) is 4.00. The minimum atomic E-state index is -0.226. The lowest BCUT2D eigenvalue weighted by Gasteiger charge is -2.25. The molecule has 1 aromatic heterocycles. The molecule has 2 aromatic rings. The zero-order chi connectivity index (χ0) is 17.1. The van der Waals surface area contributed by atoms with E-state index in [0.717, 1.165) is 22.7 Å². The number of nitrogens with one attached hydrogen (secondary N) is 1. The Bertz CT molecular complexity index is 741. The van der Waals surface area contributed by atoms with E-state index in [1.807, 2.05) is 38.1 Å². The normalized spacial score (nSPS) is 16.0. The van der Waals surface area contributed by atoms with E-state index in [2.05, 4.69) is 15.3 Å². The highest BCUT2D eigenvalue weighted by atomic mass is 16.5. The molecule has 1 aromatic carbocycles. The van der Waals surface area contributed by atoms with Crippen LogP contribution in [0.25, 0.3) is 0 Å². The largest absolute Gasteiger partial charge is 0.493 e. The molecule has 0 aliphatic carbocycles. The third-order valence-electron chi connectivity index (χ3n) is 4.00. The Morgan fingerprint density at radius 3 is 2.79 bits per heavy atom. The van der Waals surface area contributed by atoms with Gasteiger partial charge < -0.3 is 14.8 Å². The molecule has 0 fully saturated rings. The summed E-state index contributed by atoms with van der Waals surface area (Å²) in [5.74, 6) is 1.79. The van der Waals surface area contributed by atoms with Crippen LogP contribution < -0.4 is 14.8 Å². The number of aryl methyl sites for hydroxylation is 2. The molecule has 126 valence electrons. The maximum atomic E-state index is 12.4. The van der Waals surface area contributed by atoms with Crippen LogP contribution in [0.15, 0.2) is 24.3 Å². The van der Waals surface area contributed by atoms with Crippen LogP contribution in [0.2, 0.25) is 0 Å². The van der Waals surface area contributed by atoms with E-state index >= 15 is 0 Å². The molecule has 0 radical (unpaired) electrons. The summed E-state index contributed by atoms with van der Waals surface area (Å²) < 4.78 is 11.0. The highest BCUT2D eigenvalue weighted by Crippen LogP contribution is 2.35. The van der Waals surface area contributed by atoms with Gasteiger partial charge >= 0.3 is 0 Å². The lowest BCUT2D eigenvalue weighted by Crippen LogP contribution is -2.37. The number of fused-ring (bicyclic) bond motifs is 1. The van der Waals surface area contributed by atoms with Crippen LogP contribution in [0.4, 0.5) is 0 Å². The molecule has 2 heterocycles. The molecule has 6 heteroatoms. The standard InChI is InChI=1S/C18H21N3O3/c1-11-7-12(2)21-16(20-11)9-19-18(22)14-8-13-5-4-6-15(23-3)17(13)24-10-14/h4-7,14H,8-10H2,1-3H3,(H,19,22). The number of amides is 1. The summed E-state index contributed by atoms with van der Waals surface area (Å²) in [7, 11) is 1.61. The molecule has 0 saturated carbocycles. The monoisotopic (exact) mass is 327 g/mol. The molecule has 1 unspecified atom stereocenters.